The SMILES string of the molecule is O=C(CCC1CCN(Cc2nc3c(s2)CCCC3)CC1)Nc1ccc2c(c1)OCCO2. The molecule has 0 radical (unpaired) electrons. The van der Waals surface area contributed by atoms with Crippen molar-refractivity contribution in [1.29, 1.82) is 0 Å². The lowest BCUT2D eigenvalue weighted by atomic mass is 9.92. The summed E-state index contributed by atoms with van der Waals surface area (Å²) in [4.78, 5) is 21.4. The summed E-state index contributed by atoms with van der Waals surface area (Å²) in [5.74, 6) is 2.16. The summed E-state index contributed by atoms with van der Waals surface area (Å²) in [6.07, 6.45) is 8.87. The van der Waals surface area contributed by atoms with Crippen molar-refractivity contribution in [2.24, 2.45) is 5.92 Å². The molecule has 1 aromatic carbocycles. The van der Waals surface area contributed by atoms with Gasteiger partial charge in [-0.1, -0.05) is 0 Å². The number of hydrogen-bond acceptors (Lipinski definition) is 6. The molecule has 2 aliphatic heterocycles. The summed E-state index contributed by atoms with van der Waals surface area (Å²) in [6.45, 7) is 4.34. The van der Waals surface area contributed by atoms with Crippen molar-refractivity contribution in [3.8, 4) is 11.5 Å². The topological polar surface area (TPSA) is 63.7 Å². The molecule has 6 nitrogen and oxygen atoms in total. The zero-order valence-electron chi connectivity index (χ0n) is 18.0. The maximum absolute atomic E-state index is 12.4. The van der Waals surface area contributed by atoms with Gasteiger partial charge in [-0.05, 0) is 76.1 Å². The van der Waals surface area contributed by atoms with E-state index in [2.05, 4.69) is 10.2 Å². The second-order valence-corrected chi connectivity index (χ2v) is 10.0. The number of anilines is 1. The van der Waals surface area contributed by atoms with Crippen molar-refractivity contribution >= 4 is 22.9 Å². The number of carbonyl (C=O) groups is 1. The minimum absolute atomic E-state index is 0.0764. The Balaban J connectivity index is 1.04. The van der Waals surface area contributed by atoms with Crippen molar-refractivity contribution < 1.29 is 14.3 Å². The number of likely N-dealkylation sites (tertiary alicyclic amines) is 1. The van der Waals surface area contributed by atoms with Crippen LogP contribution in [0.4, 0.5) is 5.69 Å². The Morgan fingerprint density at radius 1 is 1.13 bits per heavy atom. The van der Waals surface area contributed by atoms with Gasteiger partial charge in [0.25, 0.3) is 0 Å². The molecule has 0 unspecified atom stereocenters. The van der Waals surface area contributed by atoms with Gasteiger partial charge < -0.3 is 14.8 Å². The maximum atomic E-state index is 12.4. The number of rotatable bonds is 6. The van der Waals surface area contributed by atoms with Crippen molar-refractivity contribution in [2.45, 2.75) is 57.9 Å². The fourth-order valence-electron chi connectivity index (χ4n) is 4.78. The first-order valence-corrected chi connectivity index (χ1v) is 12.4. The van der Waals surface area contributed by atoms with E-state index in [4.69, 9.17) is 14.5 Å². The number of piperidine rings is 1. The second kappa shape index (κ2) is 9.57. The molecule has 1 N–H and O–H groups in total. The Kier molecular flexibility index (Phi) is 6.41. The van der Waals surface area contributed by atoms with E-state index in [1.807, 2.05) is 29.5 Å². The molecule has 3 heterocycles. The zero-order valence-corrected chi connectivity index (χ0v) is 18.8. The first kappa shape index (κ1) is 20.8. The molecule has 1 fully saturated rings. The Labute approximate surface area is 188 Å². The Hall–Kier alpha value is -2.12. The lowest BCUT2D eigenvalue weighted by molar-refractivity contribution is -0.116. The van der Waals surface area contributed by atoms with Gasteiger partial charge in [-0.2, -0.15) is 0 Å². The van der Waals surface area contributed by atoms with Crippen LogP contribution in [0, 0.1) is 5.92 Å². The minimum Gasteiger partial charge on any atom is -0.486 e. The van der Waals surface area contributed by atoms with Crippen LogP contribution in [-0.4, -0.2) is 42.1 Å². The van der Waals surface area contributed by atoms with Crippen LogP contribution in [0.3, 0.4) is 0 Å². The van der Waals surface area contributed by atoms with Crippen molar-refractivity contribution in [3.05, 3.63) is 33.8 Å². The third-order valence-corrected chi connectivity index (χ3v) is 7.70. The molecule has 1 saturated heterocycles. The molecular weight excluding hydrogens is 410 g/mol. The smallest absolute Gasteiger partial charge is 0.224 e. The number of amides is 1. The molecule has 7 heteroatoms. The minimum atomic E-state index is 0.0764. The van der Waals surface area contributed by atoms with E-state index in [0.29, 0.717) is 31.3 Å². The summed E-state index contributed by atoms with van der Waals surface area (Å²) in [5, 5.41) is 4.30. The highest BCUT2D eigenvalue weighted by atomic mass is 32.1. The molecule has 5 rings (SSSR count). The summed E-state index contributed by atoms with van der Waals surface area (Å²) >= 11 is 1.93. The van der Waals surface area contributed by atoms with Crippen molar-refractivity contribution in [2.75, 3.05) is 31.6 Å². The largest absolute Gasteiger partial charge is 0.486 e. The van der Waals surface area contributed by atoms with Crippen LogP contribution in [0.15, 0.2) is 18.2 Å². The van der Waals surface area contributed by atoms with Crippen LogP contribution in [0.5, 0.6) is 11.5 Å². The highest BCUT2D eigenvalue weighted by molar-refractivity contribution is 7.11. The Bertz CT molecular complexity index is 897. The van der Waals surface area contributed by atoms with E-state index < -0.39 is 0 Å². The fourth-order valence-corrected chi connectivity index (χ4v) is 5.98. The highest BCUT2D eigenvalue weighted by Gasteiger charge is 2.22. The normalized spacial score (nSPS) is 19.1. The number of thiazole rings is 1. The third-order valence-electron chi connectivity index (χ3n) is 6.56. The average molecular weight is 442 g/mol. The van der Waals surface area contributed by atoms with E-state index in [1.54, 1.807) is 0 Å². The van der Waals surface area contributed by atoms with E-state index in [0.717, 1.165) is 37.5 Å². The van der Waals surface area contributed by atoms with E-state index in [1.165, 1.54) is 54.1 Å². The van der Waals surface area contributed by atoms with Crippen LogP contribution >= 0.6 is 11.3 Å². The fraction of sp³-hybridized carbons (Fsp3) is 0.583. The summed E-state index contributed by atoms with van der Waals surface area (Å²) in [7, 11) is 0. The molecule has 1 aromatic heterocycles. The molecular formula is C24H31N3O3S. The second-order valence-electron chi connectivity index (χ2n) is 8.85. The first-order valence-electron chi connectivity index (χ1n) is 11.6. The number of aryl methyl sites for hydroxylation is 2. The standard InChI is InChI=1S/C24H31N3O3S/c28-23(25-18-6-7-20-21(15-18)30-14-13-29-20)8-5-17-9-11-27(12-10-17)16-24-26-19-3-1-2-4-22(19)31-24/h6-7,15,17H,1-5,8-14,16H2,(H,25,28). The van der Waals surface area contributed by atoms with Crippen LogP contribution in [0.1, 0.15) is 54.1 Å². The maximum Gasteiger partial charge on any atom is 0.224 e. The Morgan fingerprint density at radius 2 is 1.94 bits per heavy atom. The van der Waals surface area contributed by atoms with Gasteiger partial charge in [-0.15, -0.1) is 11.3 Å². The lowest BCUT2D eigenvalue weighted by Gasteiger charge is -2.31. The van der Waals surface area contributed by atoms with Crippen LogP contribution in [0.2, 0.25) is 0 Å². The van der Waals surface area contributed by atoms with Crippen molar-refractivity contribution in [1.82, 2.24) is 9.88 Å². The molecule has 31 heavy (non-hydrogen) atoms. The van der Waals surface area contributed by atoms with Gasteiger partial charge in [-0.3, -0.25) is 9.69 Å². The number of benzene rings is 1. The number of nitrogens with one attached hydrogen (secondary N) is 1. The molecule has 3 aliphatic rings. The number of hydrogen-bond donors (Lipinski definition) is 1. The van der Waals surface area contributed by atoms with Crippen LogP contribution < -0.4 is 14.8 Å². The third kappa shape index (κ3) is 5.21. The predicted molar refractivity (Wildman–Crippen MR) is 122 cm³/mol. The van der Waals surface area contributed by atoms with Gasteiger partial charge in [-0.25, -0.2) is 4.98 Å². The summed E-state index contributed by atoms with van der Waals surface area (Å²) < 4.78 is 11.1. The summed E-state index contributed by atoms with van der Waals surface area (Å²) in [6, 6.07) is 5.58. The average Bonchev–Trinajstić information content (AvgIpc) is 3.21. The lowest BCUT2D eigenvalue weighted by Crippen LogP contribution is -2.33. The molecule has 2 aromatic rings. The van der Waals surface area contributed by atoms with E-state index in [-0.39, 0.29) is 5.91 Å². The predicted octanol–water partition coefficient (Wildman–Crippen LogP) is 4.42. The molecule has 0 atom stereocenters. The number of nitrogens with zero attached hydrogens (tertiary/aromatic N) is 2. The van der Waals surface area contributed by atoms with Gasteiger partial charge in [0.05, 0.1) is 12.2 Å². The van der Waals surface area contributed by atoms with Gasteiger partial charge in [0.1, 0.15) is 18.2 Å². The zero-order chi connectivity index (χ0) is 21.0. The molecule has 0 bridgehead atoms. The van der Waals surface area contributed by atoms with Gasteiger partial charge in [0.15, 0.2) is 11.5 Å². The first-order chi connectivity index (χ1) is 15.2. The van der Waals surface area contributed by atoms with Crippen LogP contribution in [-0.2, 0) is 24.2 Å². The summed E-state index contributed by atoms with van der Waals surface area (Å²) in [5.41, 5.74) is 2.14. The molecule has 0 saturated carbocycles. The number of carbonyl (C=O) groups excluding carboxylic acids is 1. The number of ether oxygens (including phenoxy) is 2. The van der Waals surface area contributed by atoms with Crippen LogP contribution in [0.25, 0.3) is 0 Å². The number of aromatic nitrogens is 1. The quantitative estimate of drug-likeness (QED) is 0.719. The number of fused-ring (bicyclic) bond motifs is 2. The van der Waals surface area contributed by atoms with Gasteiger partial charge in [0.2, 0.25) is 5.91 Å². The molecule has 1 amide bonds. The Morgan fingerprint density at radius 3 is 2.77 bits per heavy atom. The molecule has 0 spiro atoms. The van der Waals surface area contributed by atoms with Gasteiger partial charge >= 0.3 is 0 Å². The van der Waals surface area contributed by atoms with Gasteiger partial charge in [0, 0.05) is 23.1 Å². The molecule has 1 aliphatic carbocycles. The monoisotopic (exact) mass is 441 g/mol. The highest BCUT2D eigenvalue weighted by Crippen LogP contribution is 2.33. The van der Waals surface area contributed by atoms with E-state index >= 15 is 0 Å². The molecule has 166 valence electrons. The van der Waals surface area contributed by atoms with E-state index in [9.17, 15) is 4.79 Å². The van der Waals surface area contributed by atoms with Crippen molar-refractivity contribution in [3.63, 3.8) is 0 Å².